The Hall–Kier alpha value is -0.340. The SMILES string of the molecule is N[C@@H]1[C@@H]2Cc3ccc(Br)cc3[C@@H]12. The van der Waals surface area contributed by atoms with Crippen molar-refractivity contribution in [1.29, 1.82) is 0 Å². The minimum Gasteiger partial charge on any atom is -0.327 e. The number of fused-ring (bicyclic) bond motifs is 3. The summed E-state index contributed by atoms with van der Waals surface area (Å²) in [5.74, 6) is 1.44. The highest BCUT2D eigenvalue weighted by Gasteiger charge is 2.53. The first-order valence-corrected chi connectivity index (χ1v) is 5.10. The number of rotatable bonds is 0. The Bertz CT molecular complexity index is 348. The molecule has 0 radical (unpaired) electrons. The molecule has 2 N–H and O–H groups in total. The van der Waals surface area contributed by atoms with Crippen LogP contribution in [-0.2, 0) is 6.42 Å². The second kappa shape index (κ2) is 2.12. The molecule has 0 saturated heterocycles. The standard InChI is InChI=1S/C10H10BrN/c11-6-2-1-5-3-8-9(10(8)12)7(5)4-6/h1-2,4,8-10H,3,12H2/t8-,9-,10-/m1/s1. The molecule has 0 spiro atoms. The highest BCUT2D eigenvalue weighted by Crippen LogP contribution is 2.55. The van der Waals surface area contributed by atoms with Gasteiger partial charge in [0.1, 0.15) is 0 Å². The largest absolute Gasteiger partial charge is 0.327 e. The first-order valence-electron chi connectivity index (χ1n) is 4.31. The van der Waals surface area contributed by atoms with Gasteiger partial charge in [0, 0.05) is 16.4 Å². The highest BCUT2D eigenvalue weighted by molar-refractivity contribution is 9.10. The van der Waals surface area contributed by atoms with Crippen LogP contribution in [0, 0.1) is 5.92 Å². The van der Waals surface area contributed by atoms with Crippen LogP contribution in [-0.4, -0.2) is 6.04 Å². The molecule has 1 fully saturated rings. The molecule has 12 heavy (non-hydrogen) atoms. The van der Waals surface area contributed by atoms with Gasteiger partial charge < -0.3 is 5.73 Å². The van der Waals surface area contributed by atoms with E-state index in [4.69, 9.17) is 5.73 Å². The molecule has 62 valence electrons. The van der Waals surface area contributed by atoms with Crippen molar-refractivity contribution in [3.8, 4) is 0 Å². The minimum absolute atomic E-state index is 0.451. The van der Waals surface area contributed by atoms with E-state index >= 15 is 0 Å². The van der Waals surface area contributed by atoms with Crippen LogP contribution in [0.15, 0.2) is 22.7 Å². The molecule has 0 bridgehead atoms. The Balaban J connectivity index is 2.12. The van der Waals surface area contributed by atoms with Gasteiger partial charge in [-0.1, -0.05) is 22.0 Å². The topological polar surface area (TPSA) is 26.0 Å². The number of halogens is 1. The van der Waals surface area contributed by atoms with Crippen molar-refractivity contribution >= 4 is 15.9 Å². The number of hydrogen-bond acceptors (Lipinski definition) is 1. The average molecular weight is 224 g/mol. The lowest BCUT2D eigenvalue weighted by atomic mass is 10.1. The zero-order valence-electron chi connectivity index (χ0n) is 6.63. The predicted molar refractivity (Wildman–Crippen MR) is 52.1 cm³/mol. The summed E-state index contributed by atoms with van der Waals surface area (Å²) in [5.41, 5.74) is 8.92. The Morgan fingerprint density at radius 2 is 2.25 bits per heavy atom. The lowest BCUT2D eigenvalue weighted by Crippen LogP contribution is -2.08. The van der Waals surface area contributed by atoms with Gasteiger partial charge >= 0.3 is 0 Å². The third-order valence-electron chi connectivity index (χ3n) is 3.15. The monoisotopic (exact) mass is 223 g/mol. The fourth-order valence-corrected chi connectivity index (χ4v) is 2.80. The molecular formula is C10H10BrN. The molecule has 3 rings (SSSR count). The average Bonchev–Trinajstić information content (AvgIpc) is 2.55. The van der Waals surface area contributed by atoms with Crippen molar-refractivity contribution in [2.75, 3.05) is 0 Å². The molecule has 0 unspecified atom stereocenters. The van der Waals surface area contributed by atoms with Crippen LogP contribution in [0.25, 0.3) is 0 Å². The van der Waals surface area contributed by atoms with E-state index in [2.05, 4.69) is 34.1 Å². The van der Waals surface area contributed by atoms with Crippen molar-refractivity contribution in [1.82, 2.24) is 0 Å². The molecule has 1 nitrogen and oxygen atoms in total. The summed E-state index contributed by atoms with van der Waals surface area (Å²) < 4.78 is 1.18. The molecule has 0 amide bonds. The number of benzene rings is 1. The molecular weight excluding hydrogens is 214 g/mol. The first-order chi connectivity index (χ1) is 5.77. The number of hydrogen-bond donors (Lipinski definition) is 1. The van der Waals surface area contributed by atoms with Crippen LogP contribution in [0.5, 0.6) is 0 Å². The highest BCUT2D eigenvalue weighted by atomic mass is 79.9. The molecule has 0 heterocycles. The van der Waals surface area contributed by atoms with Crippen LogP contribution in [0.2, 0.25) is 0 Å². The Kier molecular flexibility index (Phi) is 1.25. The second-order valence-corrected chi connectivity index (χ2v) is 4.73. The first kappa shape index (κ1) is 7.10. The summed E-state index contributed by atoms with van der Waals surface area (Å²) in [6, 6.07) is 7.02. The van der Waals surface area contributed by atoms with E-state index in [0.29, 0.717) is 12.0 Å². The zero-order valence-corrected chi connectivity index (χ0v) is 8.21. The van der Waals surface area contributed by atoms with Gasteiger partial charge in [0.15, 0.2) is 0 Å². The summed E-state index contributed by atoms with van der Waals surface area (Å²) in [4.78, 5) is 0. The molecule has 1 saturated carbocycles. The fourth-order valence-electron chi connectivity index (χ4n) is 2.42. The van der Waals surface area contributed by atoms with E-state index in [0.717, 1.165) is 5.92 Å². The quantitative estimate of drug-likeness (QED) is 0.717. The van der Waals surface area contributed by atoms with Gasteiger partial charge in [0.2, 0.25) is 0 Å². The van der Waals surface area contributed by atoms with E-state index in [-0.39, 0.29) is 0 Å². The molecule has 0 aliphatic heterocycles. The zero-order chi connectivity index (χ0) is 8.29. The van der Waals surface area contributed by atoms with E-state index < -0.39 is 0 Å². The molecule has 0 aromatic heterocycles. The lowest BCUT2D eigenvalue weighted by Gasteiger charge is -2.04. The van der Waals surface area contributed by atoms with Crippen LogP contribution in [0.4, 0.5) is 0 Å². The molecule has 3 atom stereocenters. The van der Waals surface area contributed by atoms with Crippen LogP contribution >= 0.6 is 15.9 Å². The van der Waals surface area contributed by atoms with Crippen molar-refractivity contribution in [2.24, 2.45) is 11.7 Å². The maximum Gasteiger partial charge on any atom is 0.0178 e. The van der Waals surface area contributed by atoms with Gasteiger partial charge in [-0.2, -0.15) is 0 Å². The Labute approximate surface area is 80.1 Å². The van der Waals surface area contributed by atoms with Gasteiger partial charge in [-0.25, -0.2) is 0 Å². The van der Waals surface area contributed by atoms with Gasteiger partial charge in [-0.05, 0) is 35.6 Å². The number of nitrogens with two attached hydrogens (primary N) is 1. The lowest BCUT2D eigenvalue weighted by molar-refractivity contribution is 0.801. The molecule has 1 aromatic rings. The summed E-state index contributed by atoms with van der Waals surface area (Å²) in [7, 11) is 0. The van der Waals surface area contributed by atoms with E-state index in [9.17, 15) is 0 Å². The fraction of sp³-hybridized carbons (Fsp3) is 0.400. The van der Waals surface area contributed by atoms with Crippen molar-refractivity contribution in [3.05, 3.63) is 33.8 Å². The second-order valence-electron chi connectivity index (χ2n) is 3.81. The van der Waals surface area contributed by atoms with E-state index in [1.807, 2.05) is 0 Å². The predicted octanol–water partition coefficient (Wildman–Crippen LogP) is 2.05. The van der Waals surface area contributed by atoms with Crippen LogP contribution in [0.3, 0.4) is 0 Å². The minimum atomic E-state index is 0.451. The summed E-state index contributed by atoms with van der Waals surface area (Å²) in [6.07, 6.45) is 1.20. The maximum absolute atomic E-state index is 5.92. The van der Waals surface area contributed by atoms with Crippen LogP contribution in [0.1, 0.15) is 17.0 Å². The third-order valence-corrected chi connectivity index (χ3v) is 3.65. The third kappa shape index (κ3) is 0.771. The summed E-state index contributed by atoms with van der Waals surface area (Å²) in [5, 5.41) is 0. The van der Waals surface area contributed by atoms with Crippen molar-refractivity contribution in [3.63, 3.8) is 0 Å². The Morgan fingerprint density at radius 1 is 1.42 bits per heavy atom. The Morgan fingerprint density at radius 3 is 3.08 bits per heavy atom. The van der Waals surface area contributed by atoms with Crippen molar-refractivity contribution in [2.45, 2.75) is 18.4 Å². The van der Waals surface area contributed by atoms with Gasteiger partial charge in [0.25, 0.3) is 0 Å². The summed E-state index contributed by atoms with van der Waals surface area (Å²) >= 11 is 3.49. The van der Waals surface area contributed by atoms with Crippen molar-refractivity contribution < 1.29 is 0 Å². The molecule has 2 heteroatoms. The maximum atomic E-state index is 5.92. The van der Waals surface area contributed by atoms with E-state index in [1.165, 1.54) is 22.0 Å². The smallest absolute Gasteiger partial charge is 0.0178 e. The normalized spacial score (nSPS) is 36.0. The van der Waals surface area contributed by atoms with Gasteiger partial charge in [-0.15, -0.1) is 0 Å². The summed E-state index contributed by atoms with van der Waals surface area (Å²) in [6.45, 7) is 0. The van der Waals surface area contributed by atoms with Crippen LogP contribution < -0.4 is 5.73 Å². The van der Waals surface area contributed by atoms with Gasteiger partial charge in [0.05, 0.1) is 0 Å². The molecule has 2 aliphatic carbocycles. The molecule has 2 aliphatic rings. The molecule has 1 aromatic carbocycles. The van der Waals surface area contributed by atoms with E-state index in [1.54, 1.807) is 0 Å². The van der Waals surface area contributed by atoms with Gasteiger partial charge in [-0.3, -0.25) is 0 Å².